The molecule has 1 N–H and O–H groups in total. The van der Waals surface area contributed by atoms with Gasteiger partial charge in [-0.15, -0.1) is 0 Å². The molecular formula is C12H14BrN5S. The van der Waals surface area contributed by atoms with Gasteiger partial charge in [0.25, 0.3) is 0 Å². The third kappa shape index (κ3) is 3.03. The molecule has 0 saturated heterocycles. The SMILES string of the molecule is CNc1ncnc(Sc2nc(C)c(C)c(C)n2)c1Br. The van der Waals surface area contributed by atoms with Crippen molar-refractivity contribution in [2.75, 3.05) is 12.4 Å². The smallest absolute Gasteiger partial charge is 0.194 e. The molecule has 2 heterocycles. The highest BCUT2D eigenvalue weighted by molar-refractivity contribution is 9.10. The highest BCUT2D eigenvalue weighted by Gasteiger charge is 2.12. The Labute approximate surface area is 124 Å². The number of anilines is 1. The van der Waals surface area contributed by atoms with Crippen molar-refractivity contribution in [2.45, 2.75) is 31.0 Å². The molecule has 0 aliphatic carbocycles. The molecule has 0 aliphatic rings. The minimum Gasteiger partial charge on any atom is -0.372 e. The van der Waals surface area contributed by atoms with Crippen LogP contribution in [0.2, 0.25) is 0 Å². The molecule has 0 saturated carbocycles. The van der Waals surface area contributed by atoms with Crippen molar-refractivity contribution >= 4 is 33.5 Å². The number of hydrogen-bond acceptors (Lipinski definition) is 6. The number of aromatic nitrogens is 4. The zero-order chi connectivity index (χ0) is 14.0. The Kier molecular flexibility index (Phi) is 4.36. The minimum absolute atomic E-state index is 0.696. The van der Waals surface area contributed by atoms with Crippen LogP contribution in [0.1, 0.15) is 17.0 Å². The van der Waals surface area contributed by atoms with Gasteiger partial charge in [0.15, 0.2) is 5.16 Å². The van der Waals surface area contributed by atoms with Crippen LogP contribution in [0, 0.1) is 20.8 Å². The molecule has 100 valence electrons. The van der Waals surface area contributed by atoms with Gasteiger partial charge in [-0.2, -0.15) is 0 Å². The van der Waals surface area contributed by atoms with Crippen LogP contribution in [0.4, 0.5) is 5.82 Å². The number of nitrogens with one attached hydrogen (secondary N) is 1. The molecule has 7 heteroatoms. The number of halogens is 1. The molecule has 5 nitrogen and oxygen atoms in total. The Morgan fingerprint density at radius 3 is 2.32 bits per heavy atom. The van der Waals surface area contributed by atoms with Crippen molar-refractivity contribution in [1.29, 1.82) is 0 Å². The maximum Gasteiger partial charge on any atom is 0.194 e. The average Bonchev–Trinajstić information content (AvgIpc) is 2.38. The van der Waals surface area contributed by atoms with E-state index in [9.17, 15) is 0 Å². The van der Waals surface area contributed by atoms with E-state index in [1.54, 1.807) is 0 Å². The molecule has 19 heavy (non-hydrogen) atoms. The lowest BCUT2D eigenvalue weighted by Crippen LogP contribution is -2.00. The molecule has 0 aromatic carbocycles. The van der Waals surface area contributed by atoms with Crippen molar-refractivity contribution in [3.05, 3.63) is 27.8 Å². The van der Waals surface area contributed by atoms with Crippen LogP contribution in [-0.2, 0) is 0 Å². The van der Waals surface area contributed by atoms with Gasteiger partial charge in [0.2, 0.25) is 0 Å². The standard InChI is InChI=1S/C12H14BrN5S/c1-6-7(2)17-12(18-8(6)3)19-11-9(13)10(14-4)15-5-16-11/h5H,1-4H3,(H,14,15,16). The molecular weight excluding hydrogens is 326 g/mol. The van der Waals surface area contributed by atoms with Crippen LogP contribution in [0.3, 0.4) is 0 Å². The molecule has 0 aliphatic heterocycles. The first-order valence-corrected chi connectivity index (χ1v) is 7.31. The van der Waals surface area contributed by atoms with E-state index in [0.29, 0.717) is 5.16 Å². The Bertz CT molecular complexity index is 594. The van der Waals surface area contributed by atoms with Gasteiger partial charge in [0.1, 0.15) is 17.2 Å². The van der Waals surface area contributed by atoms with E-state index in [0.717, 1.165) is 32.3 Å². The highest BCUT2D eigenvalue weighted by Crippen LogP contribution is 2.33. The van der Waals surface area contributed by atoms with E-state index in [2.05, 4.69) is 41.2 Å². The summed E-state index contributed by atoms with van der Waals surface area (Å²) in [4.78, 5) is 17.3. The topological polar surface area (TPSA) is 63.6 Å². The van der Waals surface area contributed by atoms with Crippen LogP contribution >= 0.6 is 27.7 Å². The Hall–Kier alpha value is -1.21. The molecule has 0 fully saturated rings. The van der Waals surface area contributed by atoms with Gasteiger partial charge in [-0.3, -0.25) is 0 Å². The number of aryl methyl sites for hydroxylation is 2. The fraction of sp³-hybridized carbons (Fsp3) is 0.333. The van der Waals surface area contributed by atoms with Gasteiger partial charge in [0.05, 0.1) is 4.47 Å². The van der Waals surface area contributed by atoms with Gasteiger partial charge < -0.3 is 5.32 Å². The van der Waals surface area contributed by atoms with Crippen LogP contribution in [-0.4, -0.2) is 27.0 Å². The quantitative estimate of drug-likeness (QED) is 0.684. The average molecular weight is 340 g/mol. The third-order valence-corrected chi connectivity index (χ3v) is 4.68. The highest BCUT2D eigenvalue weighted by atomic mass is 79.9. The van der Waals surface area contributed by atoms with Crippen molar-refractivity contribution < 1.29 is 0 Å². The number of hydrogen-bond donors (Lipinski definition) is 1. The van der Waals surface area contributed by atoms with Crippen LogP contribution in [0.15, 0.2) is 21.0 Å². The van der Waals surface area contributed by atoms with E-state index in [1.807, 2.05) is 27.8 Å². The maximum atomic E-state index is 4.48. The molecule has 0 bridgehead atoms. The van der Waals surface area contributed by atoms with E-state index in [-0.39, 0.29) is 0 Å². The minimum atomic E-state index is 0.696. The largest absolute Gasteiger partial charge is 0.372 e. The van der Waals surface area contributed by atoms with E-state index in [1.165, 1.54) is 18.1 Å². The lowest BCUT2D eigenvalue weighted by atomic mass is 10.2. The molecule has 0 atom stereocenters. The molecule has 2 rings (SSSR count). The van der Waals surface area contributed by atoms with Crippen LogP contribution in [0.5, 0.6) is 0 Å². The third-order valence-electron chi connectivity index (χ3n) is 2.79. The monoisotopic (exact) mass is 339 g/mol. The predicted octanol–water partition coefficient (Wildman–Crippen LogP) is 3.15. The summed E-state index contributed by atoms with van der Waals surface area (Å²) >= 11 is 4.91. The Balaban J connectivity index is 2.36. The number of rotatable bonds is 3. The van der Waals surface area contributed by atoms with E-state index < -0.39 is 0 Å². The first-order chi connectivity index (χ1) is 9.02. The molecule has 0 spiro atoms. The summed E-state index contributed by atoms with van der Waals surface area (Å²) in [6.07, 6.45) is 1.52. The summed E-state index contributed by atoms with van der Waals surface area (Å²) in [7, 11) is 1.82. The van der Waals surface area contributed by atoms with Gasteiger partial charge in [-0.1, -0.05) is 0 Å². The summed E-state index contributed by atoms with van der Waals surface area (Å²) in [5.41, 5.74) is 3.12. The van der Waals surface area contributed by atoms with Gasteiger partial charge >= 0.3 is 0 Å². The zero-order valence-corrected chi connectivity index (χ0v) is 13.6. The summed E-state index contributed by atoms with van der Waals surface area (Å²) < 4.78 is 0.821. The summed E-state index contributed by atoms with van der Waals surface area (Å²) in [6.45, 7) is 6.00. The Morgan fingerprint density at radius 2 is 1.74 bits per heavy atom. The van der Waals surface area contributed by atoms with E-state index in [4.69, 9.17) is 0 Å². The van der Waals surface area contributed by atoms with E-state index >= 15 is 0 Å². The second-order valence-electron chi connectivity index (χ2n) is 4.00. The summed E-state index contributed by atoms with van der Waals surface area (Å²) in [5, 5.41) is 4.49. The van der Waals surface area contributed by atoms with Gasteiger partial charge in [0, 0.05) is 18.4 Å². The summed E-state index contributed by atoms with van der Waals surface area (Å²) in [6, 6.07) is 0. The zero-order valence-electron chi connectivity index (χ0n) is 11.2. The van der Waals surface area contributed by atoms with Gasteiger partial charge in [-0.05, 0) is 54.0 Å². The van der Waals surface area contributed by atoms with Crippen LogP contribution < -0.4 is 5.32 Å². The van der Waals surface area contributed by atoms with Gasteiger partial charge in [-0.25, -0.2) is 19.9 Å². The lowest BCUT2D eigenvalue weighted by Gasteiger charge is -2.08. The van der Waals surface area contributed by atoms with Crippen molar-refractivity contribution in [1.82, 2.24) is 19.9 Å². The molecule has 0 radical (unpaired) electrons. The Morgan fingerprint density at radius 1 is 1.11 bits per heavy atom. The number of nitrogens with zero attached hydrogens (tertiary/aromatic N) is 4. The van der Waals surface area contributed by atoms with Crippen molar-refractivity contribution in [2.24, 2.45) is 0 Å². The molecule has 0 unspecified atom stereocenters. The lowest BCUT2D eigenvalue weighted by molar-refractivity contribution is 0.876. The summed E-state index contributed by atoms with van der Waals surface area (Å²) in [5.74, 6) is 0.748. The fourth-order valence-corrected chi connectivity index (χ4v) is 2.94. The fourth-order valence-electron chi connectivity index (χ4n) is 1.47. The van der Waals surface area contributed by atoms with Crippen molar-refractivity contribution in [3.63, 3.8) is 0 Å². The molecule has 2 aromatic rings. The van der Waals surface area contributed by atoms with Crippen LogP contribution in [0.25, 0.3) is 0 Å². The maximum absolute atomic E-state index is 4.48. The molecule has 2 aromatic heterocycles. The predicted molar refractivity (Wildman–Crippen MR) is 79.6 cm³/mol. The molecule has 0 amide bonds. The normalized spacial score (nSPS) is 10.6. The van der Waals surface area contributed by atoms with Crippen molar-refractivity contribution in [3.8, 4) is 0 Å². The second-order valence-corrected chi connectivity index (χ2v) is 5.74. The first kappa shape index (κ1) is 14.2. The first-order valence-electron chi connectivity index (χ1n) is 5.71. The second kappa shape index (κ2) is 5.83.